The van der Waals surface area contributed by atoms with E-state index in [1.54, 1.807) is 18.2 Å². The molecular formula is C29H36ClF3N4O3. The number of aliphatic hydroxyl groups is 1. The molecule has 2 unspecified atom stereocenters. The second-order valence-electron chi connectivity index (χ2n) is 11.5. The summed E-state index contributed by atoms with van der Waals surface area (Å²) in [5, 5.41) is 14.6. The quantitative estimate of drug-likeness (QED) is 0.519. The van der Waals surface area contributed by atoms with Gasteiger partial charge in [-0.2, -0.15) is 13.2 Å². The molecule has 2 atom stereocenters. The van der Waals surface area contributed by atoms with Crippen LogP contribution in [0, 0.1) is 5.92 Å². The Labute approximate surface area is 237 Å². The van der Waals surface area contributed by atoms with E-state index in [0.29, 0.717) is 29.8 Å². The summed E-state index contributed by atoms with van der Waals surface area (Å²) in [5.74, 6) is -1.28. The second-order valence-corrected chi connectivity index (χ2v) is 11.9. The number of rotatable bonds is 6. The van der Waals surface area contributed by atoms with Gasteiger partial charge in [-0.1, -0.05) is 36.8 Å². The van der Waals surface area contributed by atoms with E-state index >= 15 is 0 Å². The Kier molecular flexibility index (Phi) is 8.23. The minimum absolute atomic E-state index is 0.0381. The standard InChI is InChI=1S/C29H36ClF3N4O3/c1-19-4-6-20(7-5-19)28(40,29(31,32)33)27(39)36-14-10-23(11-15-36)37-17-22(18-37)34-21-8-9-24(25(30)16-21)26(38)35-12-2-3-13-35/h4,6-9,16,19,22-23,34,40H,2-3,5,10-15,17-18H2,1H3. The zero-order valence-corrected chi connectivity index (χ0v) is 23.3. The summed E-state index contributed by atoms with van der Waals surface area (Å²) < 4.78 is 42.1. The first-order chi connectivity index (χ1) is 19.0. The third-order valence-electron chi connectivity index (χ3n) is 8.59. The highest BCUT2D eigenvalue weighted by Crippen LogP contribution is 2.41. The number of nitrogens with one attached hydrogen (secondary N) is 1. The maximum atomic E-state index is 14.0. The van der Waals surface area contributed by atoms with Crippen LogP contribution in [0.4, 0.5) is 18.9 Å². The summed E-state index contributed by atoms with van der Waals surface area (Å²) in [6.45, 7) is 5.22. The van der Waals surface area contributed by atoms with Gasteiger partial charge < -0.3 is 20.2 Å². The number of allylic oxidation sites excluding steroid dienone is 2. The van der Waals surface area contributed by atoms with Crippen LogP contribution in [0.15, 0.2) is 42.0 Å². The van der Waals surface area contributed by atoms with E-state index in [1.807, 2.05) is 17.9 Å². The topological polar surface area (TPSA) is 76.1 Å². The van der Waals surface area contributed by atoms with E-state index in [-0.39, 0.29) is 37.0 Å². The molecule has 5 rings (SSSR count). The van der Waals surface area contributed by atoms with Crippen LogP contribution in [0.2, 0.25) is 5.02 Å². The number of amides is 2. The van der Waals surface area contributed by atoms with Gasteiger partial charge in [-0.15, -0.1) is 0 Å². The van der Waals surface area contributed by atoms with Gasteiger partial charge in [0.1, 0.15) is 0 Å². The highest BCUT2D eigenvalue weighted by atomic mass is 35.5. The summed E-state index contributed by atoms with van der Waals surface area (Å²) in [7, 11) is 0. The Morgan fingerprint density at radius 1 is 1.05 bits per heavy atom. The molecule has 2 amide bonds. The largest absolute Gasteiger partial charge is 0.430 e. The van der Waals surface area contributed by atoms with Gasteiger partial charge in [0.05, 0.1) is 16.6 Å². The smallest absolute Gasteiger partial charge is 0.380 e. The van der Waals surface area contributed by atoms with Crippen molar-refractivity contribution >= 4 is 29.1 Å². The maximum Gasteiger partial charge on any atom is 0.430 e. The number of nitrogens with zero attached hydrogens (tertiary/aromatic N) is 3. The molecule has 218 valence electrons. The van der Waals surface area contributed by atoms with Crippen molar-refractivity contribution in [2.75, 3.05) is 44.6 Å². The lowest BCUT2D eigenvalue weighted by Crippen LogP contribution is -2.63. The molecule has 1 aromatic carbocycles. The predicted octanol–water partition coefficient (Wildman–Crippen LogP) is 4.48. The van der Waals surface area contributed by atoms with Crippen LogP contribution >= 0.6 is 11.6 Å². The average molecular weight is 581 g/mol. The zero-order valence-electron chi connectivity index (χ0n) is 22.6. The first-order valence-electron chi connectivity index (χ1n) is 14.0. The molecule has 3 heterocycles. The zero-order chi connectivity index (χ0) is 28.7. The normalized spacial score (nSPS) is 24.4. The SMILES string of the molecule is CC1C=CC(C(O)(C(=O)N2CCC(N3CC(Nc4ccc(C(=O)N5CCCC5)c(Cl)c4)C3)CC2)C(F)(F)F)=CC1. The number of hydrogen-bond donors (Lipinski definition) is 2. The van der Waals surface area contributed by atoms with Gasteiger partial charge in [-0.3, -0.25) is 14.5 Å². The van der Waals surface area contributed by atoms with Gasteiger partial charge in [0.25, 0.3) is 17.4 Å². The lowest BCUT2D eigenvalue weighted by atomic mass is 9.84. The average Bonchev–Trinajstić information content (AvgIpc) is 3.44. The molecule has 0 saturated carbocycles. The number of carbonyl (C=O) groups excluding carboxylic acids is 2. The summed E-state index contributed by atoms with van der Waals surface area (Å²) in [5.41, 5.74) is -2.58. The fourth-order valence-electron chi connectivity index (χ4n) is 6.07. The Bertz CT molecular complexity index is 1190. The summed E-state index contributed by atoms with van der Waals surface area (Å²) >= 11 is 6.43. The van der Waals surface area contributed by atoms with Gasteiger partial charge >= 0.3 is 6.18 Å². The first-order valence-corrected chi connectivity index (χ1v) is 14.4. The summed E-state index contributed by atoms with van der Waals surface area (Å²) in [4.78, 5) is 31.0. The van der Waals surface area contributed by atoms with Crippen LogP contribution in [0.25, 0.3) is 0 Å². The second kappa shape index (κ2) is 11.4. The molecule has 2 N–H and O–H groups in total. The van der Waals surface area contributed by atoms with Crippen molar-refractivity contribution in [2.24, 2.45) is 5.92 Å². The molecule has 1 aromatic rings. The van der Waals surface area contributed by atoms with Crippen molar-refractivity contribution in [3.63, 3.8) is 0 Å². The number of halogens is 4. The summed E-state index contributed by atoms with van der Waals surface area (Å²) in [6, 6.07) is 5.73. The number of anilines is 1. The van der Waals surface area contributed by atoms with Crippen molar-refractivity contribution in [3.8, 4) is 0 Å². The first kappa shape index (κ1) is 29.0. The van der Waals surface area contributed by atoms with E-state index < -0.39 is 23.3 Å². The number of piperidine rings is 1. The molecule has 11 heteroatoms. The fraction of sp³-hybridized carbons (Fsp3) is 0.586. The third kappa shape index (κ3) is 5.63. The molecule has 1 aliphatic carbocycles. The van der Waals surface area contributed by atoms with E-state index in [9.17, 15) is 27.9 Å². The Balaban J connectivity index is 1.12. The molecule has 0 bridgehead atoms. The Morgan fingerprint density at radius 2 is 1.73 bits per heavy atom. The lowest BCUT2D eigenvalue weighted by Gasteiger charge is -2.48. The van der Waals surface area contributed by atoms with Crippen molar-refractivity contribution in [1.82, 2.24) is 14.7 Å². The highest BCUT2D eigenvalue weighted by molar-refractivity contribution is 6.34. The van der Waals surface area contributed by atoms with Crippen molar-refractivity contribution in [1.29, 1.82) is 0 Å². The number of benzene rings is 1. The minimum atomic E-state index is -5.11. The lowest BCUT2D eigenvalue weighted by molar-refractivity contribution is -0.242. The van der Waals surface area contributed by atoms with Gasteiger partial charge in [0.15, 0.2) is 0 Å². The van der Waals surface area contributed by atoms with Crippen molar-refractivity contribution < 1.29 is 27.9 Å². The molecule has 4 aliphatic rings. The minimum Gasteiger partial charge on any atom is -0.380 e. The maximum absolute atomic E-state index is 14.0. The number of alkyl halides is 3. The molecule has 3 saturated heterocycles. The van der Waals surface area contributed by atoms with Crippen LogP contribution in [0.3, 0.4) is 0 Å². The van der Waals surface area contributed by atoms with Gasteiger partial charge in [-0.05, 0) is 61.8 Å². The number of carbonyl (C=O) groups is 2. The fourth-order valence-corrected chi connectivity index (χ4v) is 6.34. The monoisotopic (exact) mass is 580 g/mol. The van der Waals surface area contributed by atoms with Crippen LogP contribution in [-0.2, 0) is 4.79 Å². The molecule has 40 heavy (non-hydrogen) atoms. The highest BCUT2D eigenvalue weighted by Gasteiger charge is 2.62. The van der Waals surface area contributed by atoms with Crippen molar-refractivity contribution in [2.45, 2.75) is 62.9 Å². The third-order valence-corrected chi connectivity index (χ3v) is 8.91. The predicted molar refractivity (Wildman–Crippen MR) is 147 cm³/mol. The molecule has 7 nitrogen and oxygen atoms in total. The van der Waals surface area contributed by atoms with Gasteiger partial charge in [-0.25, -0.2) is 0 Å². The molecule has 0 aromatic heterocycles. The summed E-state index contributed by atoms with van der Waals surface area (Å²) in [6.07, 6.45) is 2.48. The number of hydrogen-bond acceptors (Lipinski definition) is 5. The molecule has 3 fully saturated rings. The van der Waals surface area contributed by atoms with Crippen LogP contribution < -0.4 is 5.32 Å². The van der Waals surface area contributed by atoms with Crippen molar-refractivity contribution in [3.05, 3.63) is 52.6 Å². The van der Waals surface area contributed by atoms with E-state index in [4.69, 9.17) is 11.6 Å². The molecule has 0 radical (unpaired) electrons. The van der Waals surface area contributed by atoms with E-state index in [1.165, 1.54) is 12.2 Å². The Morgan fingerprint density at radius 3 is 2.30 bits per heavy atom. The number of likely N-dealkylation sites (tertiary alicyclic amines) is 3. The van der Waals surface area contributed by atoms with E-state index in [2.05, 4.69) is 10.2 Å². The Hall–Kier alpha value is -2.56. The molecule has 3 aliphatic heterocycles. The molecule has 0 spiro atoms. The van der Waals surface area contributed by atoms with Gasteiger partial charge in [0.2, 0.25) is 0 Å². The van der Waals surface area contributed by atoms with Crippen LogP contribution in [0.5, 0.6) is 0 Å². The van der Waals surface area contributed by atoms with Crippen LogP contribution in [-0.4, -0.2) is 94.8 Å². The van der Waals surface area contributed by atoms with Crippen LogP contribution in [0.1, 0.15) is 49.4 Å². The van der Waals surface area contributed by atoms with Gasteiger partial charge in [0, 0.05) is 51.0 Å². The molecular weight excluding hydrogens is 545 g/mol. The van der Waals surface area contributed by atoms with E-state index in [0.717, 1.165) is 49.6 Å².